The highest BCUT2D eigenvalue weighted by atomic mass is 16.5. The van der Waals surface area contributed by atoms with Crippen molar-refractivity contribution in [2.45, 2.75) is 38.4 Å². The van der Waals surface area contributed by atoms with E-state index >= 15 is 0 Å². The molecule has 3 rings (SSSR count). The molecule has 1 aliphatic rings. The molecule has 0 unspecified atom stereocenters. The van der Waals surface area contributed by atoms with E-state index in [0.29, 0.717) is 12.4 Å². The number of carbonyl (C=O) groups is 1. The van der Waals surface area contributed by atoms with Crippen molar-refractivity contribution >= 4 is 11.7 Å². The van der Waals surface area contributed by atoms with E-state index in [0.717, 1.165) is 37.0 Å². The normalized spacial score (nSPS) is 18.5. The molecule has 1 saturated heterocycles. The summed E-state index contributed by atoms with van der Waals surface area (Å²) in [6.07, 6.45) is 4.46. The van der Waals surface area contributed by atoms with Crippen molar-refractivity contribution in [1.29, 1.82) is 0 Å². The van der Waals surface area contributed by atoms with Gasteiger partial charge >= 0.3 is 0 Å². The van der Waals surface area contributed by atoms with Gasteiger partial charge in [-0.15, -0.1) is 0 Å². The maximum Gasteiger partial charge on any atom is 0.254 e. The number of aromatic nitrogens is 1. The van der Waals surface area contributed by atoms with E-state index in [1.54, 1.807) is 13.1 Å². The summed E-state index contributed by atoms with van der Waals surface area (Å²) in [5.41, 5.74) is 1.90. The average Bonchev–Trinajstić information content (AvgIpc) is 2.68. The highest BCUT2D eigenvalue weighted by Crippen LogP contribution is 2.25. The first kappa shape index (κ1) is 17.6. The Kier molecular flexibility index (Phi) is 6.14. The van der Waals surface area contributed by atoms with E-state index in [1.165, 1.54) is 0 Å². The van der Waals surface area contributed by atoms with Gasteiger partial charge in [0.25, 0.3) is 5.91 Å². The fourth-order valence-electron chi connectivity index (χ4n) is 2.84. The third kappa shape index (κ3) is 4.87. The van der Waals surface area contributed by atoms with Crippen LogP contribution in [-0.2, 0) is 14.3 Å². The lowest BCUT2D eigenvalue weighted by atomic mass is 10.1. The number of benzene rings is 1. The van der Waals surface area contributed by atoms with Crippen LogP contribution in [0.25, 0.3) is 11.1 Å². The lowest BCUT2D eigenvalue weighted by molar-refractivity contribution is -0.130. The molecular weight excluding hydrogens is 316 g/mol. The standard InChI is InChI=1S/C20H24N2O3/c1-15(25-14-17-10-5-6-13-24-17)20(23)22-19-18(11-7-12-21-19)16-8-3-2-4-9-16/h2-4,7-9,11-12,15,17H,5-6,10,13-14H2,1H3,(H,21,22,23)/t15-,17+/m1/s1. The van der Waals surface area contributed by atoms with E-state index in [4.69, 9.17) is 9.47 Å². The lowest BCUT2D eigenvalue weighted by Crippen LogP contribution is -2.33. The Morgan fingerprint density at radius 1 is 1.28 bits per heavy atom. The largest absolute Gasteiger partial charge is 0.376 e. The summed E-state index contributed by atoms with van der Waals surface area (Å²) < 4.78 is 11.3. The molecule has 0 radical (unpaired) electrons. The summed E-state index contributed by atoms with van der Waals surface area (Å²) >= 11 is 0. The van der Waals surface area contributed by atoms with Crippen molar-refractivity contribution < 1.29 is 14.3 Å². The minimum atomic E-state index is -0.559. The number of hydrogen-bond donors (Lipinski definition) is 1. The third-order valence-corrected chi connectivity index (χ3v) is 4.31. The second-order valence-corrected chi connectivity index (χ2v) is 6.22. The zero-order valence-corrected chi connectivity index (χ0v) is 14.5. The molecule has 132 valence electrons. The lowest BCUT2D eigenvalue weighted by Gasteiger charge is -2.24. The van der Waals surface area contributed by atoms with Gasteiger partial charge in [-0.1, -0.05) is 30.3 Å². The second-order valence-electron chi connectivity index (χ2n) is 6.22. The molecule has 1 N–H and O–H groups in total. The first-order valence-electron chi connectivity index (χ1n) is 8.78. The van der Waals surface area contributed by atoms with Gasteiger partial charge < -0.3 is 14.8 Å². The van der Waals surface area contributed by atoms with Crippen LogP contribution < -0.4 is 5.32 Å². The highest BCUT2D eigenvalue weighted by molar-refractivity contribution is 5.96. The van der Waals surface area contributed by atoms with Crippen LogP contribution >= 0.6 is 0 Å². The summed E-state index contributed by atoms with van der Waals surface area (Å²) in [5, 5.41) is 2.88. The Balaban J connectivity index is 1.61. The number of ether oxygens (including phenoxy) is 2. The van der Waals surface area contributed by atoms with E-state index in [-0.39, 0.29) is 12.0 Å². The smallest absolute Gasteiger partial charge is 0.254 e. The topological polar surface area (TPSA) is 60.5 Å². The van der Waals surface area contributed by atoms with Crippen LogP contribution in [0.3, 0.4) is 0 Å². The first-order chi connectivity index (χ1) is 12.2. The minimum absolute atomic E-state index is 0.0960. The second kappa shape index (κ2) is 8.74. The minimum Gasteiger partial charge on any atom is -0.376 e. The van der Waals surface area contributed by atoms with E-state index in [2.05, 4.69) is 10.3 Å². The van der Waals surface area contributed by atoms with Gasteiger partial charge in [-0.2, -0.15) is 0 Å². The number of hydrogen-bond acceptors (Lipinski definition) is 4. The predicted octanol–water partition coefficient (Wildman–Crippen LogP) is 3.66. The molecule has 0 aliphatic carbocycles. The molecule has 25 heavy (non-hydrogen) atoms. The Hall–Kier alpha value is -2.24. The van der Waals surface area contributed by atoms with Crippen LogP contribution in [0.1, 0.15) is 26.2 Å². The average molecular weight is 340 g/mol. The van der Waals surface area contributed by atoms with Crippen molar-refractivity contribution in [2.75, 3.05) is 18.5 Å². The van der Waals surface area contributed by atoms with Crippen LogP contribution in [-0.4, -0.2) is 36.3 Å². The summed E-state index contributed by atoms with van der Waals surface area (Å²) in [6.45, 7) is 2.98. The van der Waals surface area contributed by atoms with Gasteiger partial charge in [0.05, 0.1) is 12.7 Å². The quantitative estimate of drug-likeness (QED) is 0.872. The molecule has 2 heterocycles. The number of pyridine rings is 1. The molecular formula is C20H24N2O3. The fraction of sp³-hybridized carbons (Fsp3) is 0.400. The Bertz CT molecular complexity index is 684. The van der Waals surface area contributed by atoms with Crippen LogP contribution in [0.4, 0.5) is 5.82 Å². The van der Waals surface area contributed by atoms with Gasteiger partial charge in [-0.3, -0.25) is 4.79 Å². The summed E-state index contributed by atoms with van der Waals surface area (Å²) in [4.78, 5) is 16.8. The SMILES string of the molecule is C[C@@H](OC[C@@H]1CCCCO1)C(=O)Nc1ncccc1-c1ccccc1. The number of rotatable bonds is 6. The summed E-state index contributed by atoms with van der Waals surface area (Å²) in [5.74, 6) is 0.342. The number of nitrogens with zero attached hydrogens (tertiary/aromatic N) is 1. The number of carbonyl (C=O) groups excluding carboxylic acids is 1. The molecule has 1 aromatic carbocycles. The molecule has 2 aromatic rings. The predicted molar refractivity (Wildman–Crippen MR) is 97.3 cm³/mol. The van der Waals surface area contributed by atoms with Crippen LogP contribution in [0.2, 0.25) is 0 Å². The highest BCUT2D eigenvalue weighted by Gasteiger charge is 2.20. The number of anilines is 1. The maximum absolute atomic E-state index is 12.5. The molecule has 0 saturated carbocycles. The molecule has 5 nitrogen and oxygen atoms in total. The molecule has 1 fully saturated rings. The summed E-state index contributed by atoms with van der Waals surface area (Å²) in [6, 6.07) is 13.7. The number of nitrogens with one attached hydrogen (secondary N) is 1. The molecule has 1 aliphatic heterocycles. The molecule has 0 bridgehead atoms. The zero-order chi connectivity index (χ0) is 17.5. The van der Waals surface area contributed by atoms with Gasteiger partial charge in [0.15, 0.2) is 0 Å². The summed E-state index contributed by atoms with van der Waals surface area (Å²) in [7, 11) is 0. The Morgan fingerprint density at radius 3 is 2.88 bits per heavy atom. The fourth-order valence-corrected chi connectivity index (χ4v) is 2.84. The first-order valence-corrected chi connectivity index (χ1v) is 8.78. The van der Waals surface area contributed by atoms with Gasteiger partial charge in [-0.05, 0) is 43.9 Å². The maximum atomic E-state index is 12.5. The van der Waals surface area contributed by atoms with Gasteiger partial charge in [0, 0.05) is 18.4 Å². The van der Waals surface area contributed by atoms with Crippen molar-refractivity contribution in [3.63, 3.8) is 0 Å². The Morgan fingerprint density at radius 2 is 2.12 bits per heavy atom. The molecule has 0 spiro atoms. The van der Waals surface area contributed by atoms with Crippen molar-refractivity contribution in [1.82, 2.24) is 4.98 Å². The van der Waals surface area contributed by atoms with E-state index in [9.17, 15) is 4.79 Å². The van der Waals surface area contributed by atoms with Crippen LogP contribution in [0, 0.1) is 0 Å². The van der Waals surface area contributed by atoms with E-state index < -0.39 is 6.10 Å². The molecule has 1 amide bonds. The van der Waals surface area contributed by atoms with Crippen LogP contribution in [0.15, 0.2) is 48.7 Å². The van der Waals surface area contributed by atoms with Gasteiger partial charge in [-0.25, -0.2) is 4.98 Å². The van der Waals surface area contributed by atoms with E-state index in [1.807, 2.05) is 42.5 Å². The van der Waals surface area contributed by atoms with Gasteiger partial charge in [0.2, 0.25) is 0 Å². The van der Waals surface area contributed by atoms with Crippen molar-refractivity contribution in [3.05, 3.63) is 48.7 Å². The third-order valence-electron chi connectivity index (χ3n) is 4.31. The molecule has 1 aromatic heterocycles. The molecule has 5 heteroatoms. The molecule has 2 atom stereocenters. The van der Waals surface area contributed by atoms with Crippen molar-refractivity contribution in [2.24, 2.45) is 0 Å². The monoisotopic (exact) mass is 340 g/mol. The number of amides is 1. The van der Waals surface area contributed by atoms with Gasteiger partial charge in [0.1, 0.15) is 11.9 Å². The zero-order valence-electron chi connectivity index (χ0n) is 14.5. The van der Waals surface area contributed by atoms with Crippen molar-refractivity contribution in [3.8, 4) is 11.1 Å². The Labute approximate surface area is 148 Å². The van der Waals surface area contributed by atoms with Crippen LogP contribution in [0.5, 0.6) is 0 Å².